The Labute approximate surface area is 178 Å². The fourth-order valence-electron chi connectivity index (χ4n) is 4.68. The number of carbonyl (C=O) groups is 1. The number of nitrogens with zero attached hydrogens (tertiary/aromatic N) is 1. The standard InChI is InChI=1S/C26H30N2O2/c1-26(25(27)29,20-9-4-2-3-5-10-20)21-13-16-23(17-14-21)30-18-22-15-12-19-8-6-7-11-24(19)28-22/h6-8,11-17,20H,2-5,9-10,18H2,1H3,(H2,27,29). The van der Waals surface area contributed by atoms with Crippen LogP contribution in [0.4, 0.5) is 0 Å². The van der Waals surface area contributed by atoms with Crippen LogP contribution >= 0.6 is 0 Å². The molecule has 0 saturated heterocycles. The Morgan fingerprint density at radius 1 is 1.00 bits per heavy atom. The monoisotopic (exact) mass is 402 g/mol. The zero-order chi connectivity index (χ0) is 21.0. The number of pyridine rings is 1. The lowest BCUT2D eigenvalue weighted by atomic mass is 9.68. The van der Waals surface area contributed by atoms with Crippen LogP contribution in [0, 0.1) is 5.92 Å². The maximum atomic E-state index is 12.5. The molecule has 1 heterocycles. The normalized spacial score (nSPS) is 17.2. The van der Waals surface area contributed by atoms with Crippen LogP contribution in [0.15, 0.2) is 60.7 Å². The first-order valence-electron chi connectivity index (χ1n) is 11.0. The first-order chi connectivity index (χ1) is 14.6. The average molecular weight is 403 g/mol. The molecule has 4 rings (SSSR count). The van der Waals surface area contributed by atoms with Crippen molar-refractivity contribution in [3.63, 3.8) is 0 Å². The third kappa shape index (κ3) is 4.18. The van der Waals surface area contributed by atoms with Gasteiger partial charge in [0.25, 0.3) is 0 Å². The number of rotatable bonds is 6. The summed E-state index contributed by atoms with van der Waals surface area (Å²) in [5.41, 5.74) is 8.13. The van der Waals surface area contributed by atoms with Crippen molar-refractivity contribution in [3.8, 4) is 5.75 Å². The van der Waals surface area contributed by atoms with E-state index in [4.69, 9.17) is 10.5 Å². The smallest absolute Gasteiger partial charge is 0.228 e. The van der Waals surface area contributed by atoms with Gasteiger partial charge in [-0.15, -0.1) is 0 Å². The zero-order valence-corrected chi connectivity index (χ0v) is 17.6. The predicted octanol–water partition coefficient (Wildman–Crippen LogP) is 5.53. The van der Waals surface area contributed by atoms with Gasteiger partial charge in [0.2, 0.25) is 5.91 Å². The molecule has 30 heavy (non-hydrogen) atoms. The van der Waals surface area contributed by atoms with Crippen molar-refractivity contribution in [2.75, 3.05) is 0 Å². The molecule has 1 atom stereocenters. The second kappa shape index (κ2) is 8.86. The molecule has 1 aliphatic carbocycles. The summed E-state index contributed by atoms with van der Waals surface area (Å²) in [4.78, 5) is 17.2. The van der Waals surface area contributed by atoms with Gasteiger partial charge >= 0.3 is 0 Å². The first-order valence-corrected chi connectivity index (χ1v) is 11.0. The lowest BCUT2D eigenvalue weighted by Gasteiger charge is -2.35. The third-order valence-electron chi connectivity index (χ3n) is 6.68. The van der Waals surface area contributed by atoms with E-state index in [1.54, 1.807) is 0 Å². The summed E-state index contributed by atoms with van der Waals surface area (Å²) in [6, 6.07) is 20.0. The quantitative estimate of drug-likeness (QED) is 0.552. The number of ether oxygens (including phenoxy) is 1. The lowest BCUT2D eigenvalue weighted by Crippen LogP contribution is -2.44. The van der Waals surface area contributed by atoms with E-state index < -0.39 is 5.41 Å². The molecule has 1 unspecified atom stereocenters. The molecule has 4 heteroatoms. The number of aromatic nitrogens is 1. The van der Waals surface area contributed by atoms with Crippen LogP contribution in [0.25, 0.3) is 10.9 Å². The minimum absolute atomic E-state index is 0.233. The molecule has 0 radical (unpaired) electrons. The number of primary amides is 1. The highest BCUT2D eigenvalue weighted by Crippen LogP contribution is 2.40. The minimum atomic E-state index is -0.636. The Balaban J connectivity index is 1.48. The van der Waals surface area contributed by atoms with Gasteiger partial charge in [-0.1, -0.05) is 62.1 Å². The Kier molecular flexibility index (Phi) is 6.03. The topological polar surface area (TPSA) is 65.2 Å². The number of amides is 1. The van der Waals surface area contributed by atoms with Crippen LogP contribution < -0.4 is 10.5 Å². The van der Waals surface area contributed by atoms with E-state index in [1.807, 2.05) is 55.5 Å². The molecular formula is C26H30N2O2. The van der Waals surface area contributed by atoms with Gasteiger partial charge in [-0.05, 0) is 55.5 Å². The second-order valence-electron chi connectivity index (χ2n) is 8.56. The number of fused-ring (bicyclic) bond motifs is 1. The van der Waals surface area contributed by atoms with E-state index >= 15 is 0 Å². The SMILES string of the molecule is CC(C(N)=O)(c1ccc(OCc2ccc3ccccc3n2)cc1)C1CCCCCC1. The van der Waals surface area contributed by atoms with Gasteiger partial charge in [-0.2, -0.15) is 0 Å². The summed E-state index contributed by atoms with van der Waals surface area (Å²) in [5.74, 6) is 0.830. The summed E-state index contributed by atoms with van der Waals surface area (Å²) >= 11 is 0. The van der Waals surface area contributed by atoms with Crippen molar-refractivity contribution in [1.82, 2.24) is 4.98 Å². The highest BCUT2D eigenvalue weighted by atomic mass is 16.5. The van der Waals surface area contributed by atoms with Crippen molar-refractivity contribution in [2.24, 2.45) is 11.7 Å². The molecule has 0 aliphatic heterocycles. The number of nitrogens with two attached hydrogens (primary N) is 1. The number of benzene rings is 2. The van der Waals surface area contributed by atoms with Crippen LogP contribution in [0.2, 0.25) is 0 Å². The van der Waals surface area contributed by atoms with Crippen LogP contribution in [0.1, 0.15) is 56.7 Å². The summed E-state index contributed by atoms with van der Waals surface area (Å²) in [6.45, 7) is 2.42. The van der Waals surface area contributed by atoms with Crippen molar-refractivity contribution in [2.45, 2.75) is 57.5 Å². The van der Waals surface area contributed by atoms with Crippen LogP contribution in [-0.2, 0) is 16.8 Å². The van der Waals surface area contributed by atoms with Gasteiger partial charge in [0, 0.05) is 5.39 Å². The van der Waals surface area contributed by atoms with E-state index in [0.717, 1.165) is 40.8 Å². The molecule has 1 amide bonds. The van der Waals surface area contributed by atoms with Crippen LogP contribution in [-0.4, -0.2) is 10.9 Å². The Morgan fingerprint density at radius 3 is 2.40 bits per heavy atom. The molecule has 1 fully saturated rings. The molecule has 1 aliphatic rings. The van der Waals surface area contributed by atoms with E-state index in [9.17, 15) is 4.79 Å². The summed E-state index contributed by atoms with van der Waals surface area (Å²) in [7, 11) is 0. The van der Waals surface area contributed by atoms with Gasteiger partial charge in [-0.3, -0.25) is 4.79 Å². The molecule has 0 bridgehead atoms. The van der Waals surface area contributed by atoms with Crippen molar-refractivity contribution >= 4 is 16.8 Å². The van der Waals surface area contributed by atoms with Gasteiger partial charge in [0.1, 0.15) is 12.4 Å². The Morgan fingerprint density at radius 2 is 1.70 bits per heavy atom. The first kappa shape index (κ1) is 20.4. The van der Waals surface area contributed by atoms with E-state index in [0.29, 0.717) is 12.5 Å². The number of carbonyl (C=O) groups excluding carboxylic acids is 1. The number of para-hydroxylation sites is 1. The highest BCUT2D eigenvalue weighted by Gasteiger charge is 2.41. The maximum absolute atomic E-state index is 12.5. The molecule has 2 aromatic carbocycles. The molecule has 1 saturated carbocycles. The van der Waals surface area contributed by atoms with E-state index in [-0.39, 0.29) is 5.91 Å². The molecule has 3 aromatic rings. The minimum Gasteiger partial charge on any atom is -0.487 e. The van der Waals surface area contributed by atoms with Crippen molar-refractivity contribution in [1.29, 1.82) is 0 Å². The maximum Gasteiger partial charge on any atom is 0.228 e. The van der Waals surface area contributed by atoms with Gasteiger partial charge in [0.15, 0.2) is 0 Å². The largest absolute Gasteiger partial charge is 0.487 e. The fraction of sp³-hybridized carbons (Fsp3) is 0.385. The summed E-state index contributed by atoms with van der Waals surface area (Å²) < 4.78 is 5.96. The second-order valence-corrected chi connectivity index (χ2v) is 8.56. The summed E-state index contributed by atoms with van der Waals surface area (Å²) in [6.07, 6.45) is 6.97. The number of hydrogen-bond acceptors (Lipinski definition) is 3. The summed E-state index contributed by atoms with van der Waals surface area (Å²) in [5, 5.41) is 1.12. The Hall–Kier alpha value is -2.88. The van der Waals surface area contributed by atoms with Crippen molar-refractivity contribution < 1.29 is 9.53 Å². The van der Waals surface area contributed by atoms with Gasteiger partial charge in [0.05, 0.1) is 16.6 Å². The fourth-order valence-corrected chi connectivity index (χ4v) is 4.68. The molecule has 156 valence electrons. The lowest BCUT2D eigenvalue weighted by molar-refractivity contribution is -0.125. The zero-order valence-electron chi connectivity index (χ0n) is 17.6. The van der Waals surface area contributed by atoms with Gasteiger partial charge < -0.3 is 10.5 Å². The van der Waals surface area contributed by atoms with Crippen LogP contribution in [0.5, 0.6) is 5.75 Å². The third-order valence-corrected chi connectivity index (χ3v) is 6.68. The van der Waals surface area contributed by atoms with Gasteiger partial charge in [-0.25, -0.2) is 4.98 Å². The molecule has 0 spiro atoms. The molecular weight excluding hydrogens is 372 g/mol. The highest BCUT2D eigenvalue weighted by molar-refractivity contribution is 5.86. The molecule has 1 aromatic heterocycles. The van der Waals surface area contributed by atoms with Crippen LogP contribution in [0.3, 0.4) is 0 Å². The predicted molar refractivity (Wildman–Crippen MR) is 120 cm³/mol. The molecule has 4 nitrogen and oxygen atoms in total. The Bertz CT molecular complexity index is 1010. The number of hydrogen-bond donors (Lipinski definition) is 1. The van der Waals surface area contributed by atoms with Crippen molar-refractivity contribution in [3.05, 3.63) is 71.9 Å². The van der Waals surface area contributed by atoms with E-state index in [1.165, 1.54) is 25.7 Å². The average Bonchev–Trinajstić information content (AvgIpc) is 3.07. The van der Waals surface area contributed by atoms with E-state index in [2.05, 4.69) is 17.1 Å². The molecule has 2 N–H and O–H groups in total.